The Balaban J connectivity index is 2.18. The Bertz CT molecular complexity index is 499. The lowest BCUT2D eigenvalue weighted by molar-refractivity contribution is 0.0733. The Morgan fingerprint density at radius 1 is 1.19 bits per heavy atom. The molecule has 1 aromatic heterocycles. The molecule has 1 aromatic carbocycles. The van der Waals surface area contributed by atoms with Crippen LogP contribution in [0.4, 0.5) is 0 Å². The van der Waals surface area contributed by atoms with E-state index in [9.17, 15) is 4.79 Å². The van der Waals surface area contributed by atoms with Gasteiger partial charge in [0.1, 0.15) is 5.75 Å². The molecule has 16 heavy (non-hydrogen) atoms. The van der Waals surface area contributed by atoms with E-state index in [0.717, 1.165) is 3.57 Å². The molecule has 0 spiro atoms. The Labute approximate surface area is 107 Å². The maximum absolute atomic E-state index is 11.7. The van der Waals surface area contributed by atoms with E-state index in [4.69, 9.17) is 4.74 Å². The highest BCUT2D eigenvalue weighted by Gasteiger charge is 2.09. The predicted octanol–water partition coefficient (Wildman–Crippen LogP) is 2.91. The molecular weight excluding hydrogens is 317 g/mol. The molecule has 0 bridgehead atoms. The van der Waals surface area contributed by atoms with E-state index in [0.29, 0.717) is 11.3 Å². The number of aromatic nitrogens is 1. The zero-order valence-electron chi connectivity index (χ0n) is 8.26. The maximum atomic E-state index is 11.7. The fourth-order valence-electron chi connectivity index (χ4n) is 1.18. The third-order valence-corrected chi connectivity index (χ3v) is 2.76. The van der Waals surface area contributed by atoms with Gasteiger partial charge in [-0.15, -0.1) is 0 Å². The third kappa shape index (κ3) is 2.57. The summed E-state index contributed by atoms with van der Waals surface area (Å²) in [4.78, 5) is 15.6. The predicted molar refractivity (Wildman–Crippen MR) is 68.4 cm³/mol. The second-order valence-electron chi connectivity index (χ2n) is 3.06. The van der Waals surface area contributed by atoms with Gasteiger partial charge in [-0.3, -0.25) is 4.98 Å². The van der Waals surface area contributed by atoms with Gasteiger partial charge >= 0.3 is 5.97 Å². The van der Waals surface area contributed by atoms with Gasteiger partial charge in [0.2, 0.25) is 0 Å². The standard InChI is InChI=1S/C12H8INO2/c13-10-8-14-7-6-11(10)16-12(15)9-4-2-1-3-5-9/h1-8H. The summed E-state index contributed by atoms with van der Waals surface area (Å²) in [5.74, 6) is 0.175. The lowest BCUT2D eigenvalue weighted by Crippen LogP contribution is -2.09. The summed E-state index contributed by atoms with van der Waals surface area (Å²) in [6.45, 7) is 0. The summed E-state index contributed by atoms with van der Waals surface area (Å²) in [5.41, 5.74) is 0.537. The number of nitrogens with zero attached hydrogens (tertiary/aromatic N) is 1. The number of pyridine rings is 1. The smallest absolute Gasteiger partial charge is 0.343 e. The summed E-state index contributed by atoms with van der Waals surface area (Å²) in [5, 5.41) is 0. The van der Waals surface area contributed by atoms with Gasteiger partial charge in [0.15, 0.2) is 0 Å². The third-order valence-electron chi connectivity index (χ3n) is 1.95. The van der Waals surface area contributed by atoms with Crippen LogP contribution >= 0.6 is 22.6 Å². The van der Waals surface area contributed by atoms with Crippen LogP contribution in [0.5, 0.6) is 5.75 Å². The van der Waals surface area contributed by atoms with Crippen molar-refractivity contribution in [3.63, 3.8) is 0 Å². The number of halogens is 1. The molecule has 4 heteroatoms. The van der Waals surface area contributed by atoms with E-state index in [-0.39, 0.29) is 5.97 Å². The van der Waals surface area contributed by atoms with E-state index in [1.165, 1.54) is 0 Å². The number of hydrogen-bond donors (Lipinski definition) is 0. The van der Waals surface area contributed by atoms with Gasteiger partial charge in [-0.2, -0.15) is 0 Å². The van der Waals surface area contributed by atoms with Crippen molar-refractivity contribution in [1.82, 2.24) is 4.98 Å². The first-order chi connectivity index (χ1) is 7.77. The highest BCUT2D eigenvalue weighted by Crippen LogP contribution is 2.19. The molecule has 3 nitrogen and oxygen atoms in total. The summed E-state index contributed by atoms with van der Waals surface area (Å²) in [6, 6.07) is 10.6. The minimum absolute atomic E-state index is 0.357. The van der Waals surface area contributed by atoms with Crippen LogP contribution < -0.4 is 4.74 Å². The summed E-state index contributed by atoms with van der Waals surface area (Å²) in [7, 11) is 0. The molecule has 0 aliphatic rings. The lowest BCUT2D eigenvalue weighted by atomic mass is 10.2. The average Bonchev–Trinajstić information content (AvgIpc) is 2.33. The van der Waals surface area contributed by atoms with Crippen LogP contribution in [0.25, 0.3) is 0 Å². The summed E-state index contributed by atoms with van der Waals surface area (Å²) >= 11 is 2.07. The van der Waals surface area contributed by atoms with Gasteiger partial charge < -0.3 is 4.74 Å². The Kier molecular flexibility index (Phi) is 3.51. The minimum Gasteiger partial charge on any atom is -0.422 e. The Hall–Kier alpha value is -1.43. The molecule has 0 aliphatic carbocycles. The van der Waals surface area contributed by atoms with Crippen molar-refractivity contribution in [2.24, 2.45) is 0 Å². The molecule has 1 heterocycles. The normalized spacial score (nSPS) is 9.81. The lowest BCUT2D eigenvalue weighted by Gasteiger charge is -2.05. The van der Waals surface area contributed by atoms with Crippen LogP contribution in [0, 0.1) is 3.57 Å². The van der Waals surface area contributed by atoms with Crippen molar-refractivity contribution in [1.29, 1.82) is 0 Å². The van der Waals surface area contributed by atoms with Crippen LogP contribution in [0.1, 0.15) is 10.4 Å². The SMILES string of the molecule is O=C(Oc1ccncc1I)c1ccccc1. The number of hydrogen-bond acceptors (Lipinski definition) is 3. The molecule has 2 rings (SSSR count). The van der Waals surface area contributed by atoms with Crippen LogP contribution in [0.3, 0.4) is 0 Å². The fourth-order valence-corrected chi connectivity index (χ4v) is 1.63. The second kappa shape index (κ2) is 5.07. The Morgan fingerprint density at radius 2 is 1.94 bits per heavy atom. The van der Waals surface area contributed by atoms with E-state index >= 15 is 0 Å². The van der Waals surface area contributed by atoms with Crippen LogP contribution in [-0.4, -0.2) is 11.0 Å². The van der Waals surface area contributed by atoms with Gasteiger partial charge in [-0.25, -0.2) is 4.79 Å². The summed E-state index contributed by atoms with van der Waals surface area (Å²) in [6.07, 6.45) is 3.24. The van der Waals surface area contributed by atoms with E-state index in [2.05, 4.69) is 27.6 Å². The van der Waals surface area contributed by atoms with Crippen molar-refractivity contribution < 1.29 is 9.53 Å². The number of esters is 1. The molecule has 2 aromatic rings. The zero-order chi connectivity index (χ0) is 11.4. The molecule has 0 unspecified atom stereocenters. The van der Waals surface area contributed by atoms with Gasteiger partial charge in [0, 0.05) is 18.5 Å². The van der Waals surface area contributed by atoms with Crippen LogP contribution in [-0.2, 0) is 0 Å². The fraction of sp³-hybridized carbons (Fsp3) is 0. The topological polar surface area (TPSA) is 39.2 Å². The number of rotatable bonds is 2. The number of carbonyl (C=O) groups excluding carboxylic acids is 1. The number of ether oxygens (including phenoxy) is 1. The molecule has 0 aliphatic heterocycles. The average molecular weight is 325 g/mol. The van der Waals surface area contributed by atoms with Crippen molar-refractivity contribution in [3.05, 3.63) is 57.9 Å². The molecule has 0 fully saturated rings. The van der Waals surface area contributed by atoms with Crippen molar-refractivity contribution in [2.75, 3.05) is 0 Å². The van der Waals surface area contributed by atoms with Gasteiger partial charge in [-0.1, -0.05) is 18.2 Å². The van der Waals surface area contributed by atoms with E-state index in [1.54, 1.807) is 42.7 Å². The van der Waals surface area contributed by atoms with Crippen molar-refractivity contribution >= 4 is 28.6 Å². The molecule has 80 valence electrons. The molecule has 0 radical (unpaired) electrons. The van der Waals surface area contributed by atoms with Crippen LogP contribution in [0.15, 0.2) is 48.8 Å². The first-order valence-corrected chi connectivity index (χ1v) is 5.72. The first kappa shape index (κ1) is 11.1. The van der Waals surface area contributed by atoms with Gasteiger partial charge in [0.25, 0.3) is 0 Å². The van der Waals surface area contributed by atoms with E-state index < -0.39 is 0 Å². The molecule has 0 saturated heterocycles. The number of benzene rings is 1. The Morgan fingerprint density at radius 3 is 2.62 bits per heavy atom. The molecule has 0 saturated carbocycles. The van der Waals surface area contributed by atoms with E-state index in [1.807, 2.05) is 6.07 Å². The highest BCUT2D eigenvalue weighted by atomic mass is 127. The van der Waals surface area contributed by atoms with Crippen molar-refractivity contribution in [3.8, 4) is 5.75 Å². The molecule has 0 amide bonds. The highest BCUT2D eigenvalue weighted by molar-refractivity contribution is 14.1. The zero-order valence-corrected chi connectivity index (χ0v) is 10.4. The molecule has 0 N–H and O–H groups in total. The molecule has 0 atom stereocenters. The molecular formula is C12H8INO2. The maximum Gasteiger partial charge on any atom is 0.343 e. The van der Waals surface area contributed by atoms with Gasteiger partial charge in [0.05, 0.1) is 9.13 Å². The van der Waals surface area contributed by atoms with Crippen LogP contribution in [0.2, 0.25) is 0 Å². The van der Waals surface area contributed by atoms with Gasteiger partial charge in [-0.05, 0) is 34.7 Å². The number of carbonyl (C=O) groups is 1. The first-order valence-electron chi connectivity index (χ1n) is 4.64. The quantitative estimate of drug-likeness (QED) is 0.630. The monoisotopic (exact) mass is 325 g/mol. The second-order valence-corrected chi connectivity index (χ2v) is 4.22. The summed E-state index contributed by atoms with van der Waals surface area (Å²) < 4.78 is 6.05. The largest absolute Gasteiger partial charge is 0.422 e. The minimum atomic E-state index is -0.357. The van der Waals surface area contributed by atoms with Crippen molar-refractivity contribution in [2.45, 2.75) is 0 Å².